The Hall–Kier alpha value is -0.260. The van der Waals surface area contributed by atoms with Crippen molar-refractivity contribution in [1.29, 1.82) is 0 Å². The van der Waals surface area contributed by atoms with Crippen LogP contribution in [0.3, 0.4) is 0 Å². The highest BCUT2D eigenvalue weighted by molar-refractivity contribution is 9.10. The number of nitrogens with zero attached hydrogens (tertiary/aromatic N) is 1. The second-order valence-corrected chi connectivity index (χ2v) is 7.38. The van der Waals surface area contributed by atoms with Gasteiger partial charge in [-0.2, -0.15) is 11.8 Å². The minimum Gasteiger partial charge on any atom is -0.389 e. The van der Waals surface area contributed by atoms with Gasteiger partial charge < -0.3 is 10.6 Å². The number of thioether (sulfide) groups is 1. The van der Waals surface area contributed by atoms with E-state index in [2.05, 4.69) is 40.7 Å². The molecule has 2 rings (SSSR count). The molecule has 1 saturated heterocycles. The van der Waals surface area contributed by atoms with Crippen molar-refractivity contribution in [2.24, 2.45) is 5.73 Å². The maximum Gasteiger partial charge on any atom is 0.106 e. The average molecular weight is 345 g/mol. The maximum absolute atomic E-state index is 5.84. The van der Waals surface area contributed by atoms with E-state index in [9.17, 15) is 0 Å². The first-order valence-electron chi connectivity index (χ1n) is 5.98. The van der Waals surface area contributed by atoms with Gasteiger partial charge in [-0.05, 0) is 25.1 Å². The molecule has 0 aromatic heterocycles. The number of thiocarbonyl (C=S) groups is 1. The maximum atomic E-state index is 5.84. The van der Waals surface area contributed by atoms with Gasteiger partial charge in [-0.1, -0.05) is 35.1 Å². The highest BCUT2D eigenvalue weighted by Crippen LogP contribution is 2.33. The predicted molar refractivity (Wildman–Crippen MR) is 88.8 cm³/mol. The summed E-state index contributed by atoms with van der Waals surface area (Å²) in [5.41, 5.74) is 7.96. The first kappa shape index (κ1) is 14.2. The third-order valence-corrected chi connectivity index (χ3v) is 5.47. The van der Waals surface area contributed by atoms with E-state index in [0.717, 1.165) is 28.0 Å². The molecule has 1 aromatic carbocycles. The van der Waals surface area contributed by atoms with E-state index < -0.39 is 0 Å². The van der Waals surface area contributed by atoms with Crippen molar-refractivity contribution in [3.63, 3.8) is 0 Å². The predicted octanol–water partition coefficient (Wildman–Crippen LogP) is 3.41. The Morgan fingerprint density at radius 2 is 2.22 bits per heavy atom. The van der Waals surface area contributed by atoms with Gasteiger partial charge in [-0.25, -0.2) is 0 Å². The Kier molecular flexibility index (Phi) is 4.56. The Bertz CT molecular complexity index is 464. The van der Waals surface area contributed by atoms with Crippen LogP contribution in [0.2, 0.25) is 0 Å². The molecule has 0 saturated carbocycles. The molecule has 1 heterocycles. The van der Waals surface area contributed by atoms with E-state index >= 15 is 0 Å². The molecule has 1 aromatic rings. The van der Waals surface area contributed by atoms with Gasteiger partial charge >= 0.3 is 0 Å². The molecule has 0 bridgehead atoms. The molecule has 5 heteroatoms. The second-order valence-electron chi connectivity index (χ2n) is 4.54. The minimum atomic E-state index is 0.468. The monoisotopic (exact) mass is 344 g/mol. The summed E-state index contributed by atoms with van der Waals surface area (Å²) in [5, 5.41) is 0.622. The lowest BCUT2D eigenvalue weighted by Gasteiger charge is -2.40. The van der Waals surface area contributed by atoms with Crippen LogP contribution in [0.25, 0.3) is 0 Å². The van der Waals surface area contributed by atoms with Gasteiger partial charge in [0.1, 0.15) is 4.99 Å². The van der Waals surface area contributed by atoms with Crippen LogP contribution in [0.4, 0.5) is 5.69 Å². The van der Waals surface area contributed by atoms with Gasteiger partial charge in [0.2, 0.25) is 0 Å². The zero-order chi connectivity index (χ0) is 13.3. The Balaban J connectivity index is 2.42. The zero-order valence-electron chi connectivity index (χ0n) is 10.5. The van der Waals surface area contributed by atoms with Crippen molar-refractivity contribution in [3.05, 3.63) is 28.2 Å². The van der Waals surface area contributed by atoms with Gasteiger partial charge in [0.05, 0.1) is 0 Å². The molecular weight excluding hydrogens is 328 g/mol. The normalized spacial score (nSPS) is 24.1. The van der Waals surface area contributed by atoms with E-state index in [1.165, 1.54) is 0 Å². The number of anilines is 1. The smallest absolute Gasteiger partial charge is 0.106 e. The minimum absolute atomic E-state index is 0.468. The molecule has 2 unspecified atom stereocenters. The SMILES string of the molecule is CC1SCCN(c2cc(Br)ccc2C(N)=S)C1C. The van der Waals surface area contributed by atoms with Gasteiger partial charge in [-0.15, -0.1) is 0 Å². The van der Waals surface area contributed by atoms with Gasteiger partial charge in [-0.3, -0.25) is 0 Å². The first-order valence-corrected chi connectivity index (χ1v) is 8.23. The summed E-state index contributed by atoms with van der Waals surface area (Å²) >= 11 is 10.7. The topological polar surface area (TPSA) is 29.3 Å². The molecule has 98 valence electrons. The van der Waals surface area contributed by atoms with E-state index in [-0.39, 0.29) is 0 Å². The summed E-state index contributed by atoms with van der Waals surface area (Å²) < 4.78 is 1.07. The lowest BCUT2D eigenvalue weighted by atomic mass is 10.1. The largest absolute Gasteiger partial charge is 0.389 e. The van der Waals surface area contributed by atoms with E-state index in [4.69, 9.17) is 18.0 Å². The number of rotatable bonds is 2. The van der Waals surface area contributed by atoms with Crippen molar-refractivity contribution in [2.75, 3.05) is 17.2 Å². The van der Waals surface area contributed by atoms with Crippen LogP contribution in [0.5, 0.6) is 0 Å². The average Bonchev–Trinajstić information content (AvgIpc) is 2.32. The molecule has 18 heavy (non-hydrogen) atoms. The first-order chi connectivity index (χ1) is 8.50. The van der Waals surface area contributed by atoms with E-state index in [1.54, 1.807) is 0 Å². The number of hydrogen-bond acceptors (Lipinski definition) is 3. The van der Waals surface area contributed by atoms with Crippen molar-refractivity contribution in [2.45, 2.75) is 25.1 Å². The summed E-state index contributed by atoms with van der Waals surface area (Å²) in [5.74, 6) is 1.15. The molecule has 1 aliphatic rings. The molecule has 0 radical (unpaired) electrons. The lowest BCUT2D eigenvalue weighted by molar-refractivity contribution is 0.627. The standard InChI is InChI=1S/C13H17BrN2S2/c1-8-9(2)18-6-5-16(8)12-7-10(14)3-4-11(12)13(15)17/h3-4,7-9H,5-6H2,1-2H3,(H2,15,17). The molecule has 1 fully saturated rings. The van der Waals surface area contributed by atoms with Crippen molar-refractivity contribution in [3.8, 4) is 0 Å². The fourth-order valence-corrected chi connectivity index (χ4v) is 3.84. The molecule has 2 N–H and O–H groups in total. The lowest BCUT2D eigenvalue weighted by Crippen LogP contribution is -2.45. The third kappa shape index (κ3) is 2.83. The highest BCUT2D eigenvalue weighted by atomic mass is 79.9. The summed E-state index contributed by atoms with van der Waals surface area (Å²) in [4.78, 5) is 2.89. The van der Waals surface area contributed by atoms with Crippen molar-refractivity contribution < 1.29 is 0 Å². The van der Waals surface area contributed by atoms with Crippen LogP contribution >= 0.6 is 39.9 Å². The van der Waals surface area contributed by atoms with Crippen LogP contribution in [0, 0.1) is 0 Å². The van der Waals surface area contributed by atoms with Crippen molar-refractivity contribution >= 4 is 50.6 Å². The van der Waals surface area contributed by atoms with E-state index in [1.807, 2.05) is 23.9 Å². The Labute approximate surface area is 126 Å². The number of halogens is 1. The quantitative estimate of drug-likeness (QED) is 0.832. The fourth-order valence-electron chi connectivity index (χ4n) is 2.22. The molecule has 0 amide bonds. The van der Waals surface area contributed by atoms with Crippen LogP contribution in [-0.4, -0.2) is 28.6 Å². The molecule has 1 aliphatic heterocycles. The van der Waals surface area contributed by atoms with Gasteiger partial charge in [0, 0.05) is 39.3 Å². The van der Waals surface area contributed by atoms with Crippen LogP contribution in [-0.2, 0) is 0 Å². The Morgan fingerprint density at radius 3 is 2.89 bits per heavy atom. The van der Waals surface area contributed by atoms with Crippen LogP contribution in [0.1, 0.15) is 19.4 Å². The molecule has 2 atom stereocenters. The highest BCUT2D eigenvalue weighted by Gasteiger charge is 2.27. The summed E-state index contributed by atoms with van der Waals surface area (Å²) in [6.45, 7) is 5.59. The summed E-state index contributed by atoms with van der Waals surface area (Å²) in [7, 11) is 0. The van der Waals surface area contributed by atoms with Crippen LogP contribution in [0.15, 0.2) is 22.7 Å². The molecule has 0 aliphatic carbocycles. The Morgan fingerprint density at radius 1 is 1.50 bits per heavy atom. The van der Waals surface area contributed by atoms with Gasteiger partial charge in [0.15, 0.2) is 0 Å². The molecule has 2 nitrogen and oxygen atoms in total. The molecule has 0 spiro atoms. The molecular formula is C13H17BrN2S2. The van der Waals surface area contributed by atoms with E-state index in [0.29, 0.717) is 16.3 Å². The van der Waals surface area contributed by atoms with Gasteiger partial charge in [0.25, 0.3) is 0 Å². The second kappa shape index (κ2) is 5.80. The zero-order valence-corrected chi connectivity index (χ0v) is 13.7. The number of hydrogen-bond donors (Lipinski definition) is 1. The number of nitrogens with two attached hydrogens (primary N) is 1. The third-order valence-electron chi connectivity index (χ3n) is 3.42. The number of benzene rings is 1. The summed E-state index contributed by atoms with van der Waals surface area (Å²) in [6.07, 6.45) is 0. The van der Waals surface area contributed by atoms with Crippen LogP contribution < -0.4 is 10.6 Å². The van der Waals surface area contributed by atoms with Crippen molar-refractivity contribution in [1.82, 2.24) is 0 Å². The summed E-state index contributed by atoms with van der Waals surface area (Å²) in [6, 6.07) is 6.60. The fraction of sp³-hybridized carbons (Fsp3) is 0.462.